The Hall–Kier alpha value is -4.06. The number of benzene rings is 3. The van der Waals surface area contributed by atoms with Crippen LogP contribution in [0.3, 0.4) is 0 Å². The maximum atomic E-state index is 15.4. The molecule has 3 atom stereocenters. The summed E-state index contributed by atoms with van der Waals surface area (Å²) >= 11 is 0. The van der Waals surface area contributed by atoms with Crippen molar-refractivity contribution in [2.45, 2.75) is 18.0 Å². The van der Waals surface area contributed by atoms with Gasteiger partial charge in [0.2, 0.25) is 0 Å². The molecule has 3 aliphatic rings. The van der Waals surface area contributed by atoms with Crippen molar-refractivity contribution in [3.05, 3.63) is 107 Å². The van der Waals surface area contributed by atoms with E-state index in [1.165, 1.54) is 13.2 Å². The van der Waals surface area contributed by atoms with Gasteiger partial charge in [-0.3, -0.25) is 9.59 Å². The molecule has 0 saturated carbocycles. The Morgan fingerprint density at radius 3 is 2.21 bits per heavy atom. The Balaban J connectivity index is 1.71. The predicted octanol–water partition coefficient (Wildman–Crippen LogP) is 4.43. The number of hydrogen-bond acceptors (Lipinski definition) is 5. The predicted molar refractivity (Wildman–Crippen MR) is 124 cm³/mol. The molecule has 0 unspecified atom stereocenters. The molecular formula is C28H20FNO4. The number of methoxy groups -OCH3 is 1. The first-order chi connectivity index (χ1) is 16.5. The van der Waals surface area contributed by atoms with Gasteiger partial charge < -0.3 is 9.64 Å². The summed E-state index contributed by atoms with van der Waals surface area (Å²) in [5.41, 5.74) is 0.563. The molecule has 6 rings (SSSR count). The van der Waals surface area contributed by atoms with E-state index in [9.17, 15) is 14.4 Å². The molecule has 2 heterocycles. The van der Waals surface area contributed by atoms with Crippen molar-refractivity contribution in [2.24, 2.45) is 5.41 Å². The second-order valence-electron chi connectivity index (χ2n) is 8.81. The van der Waals surface area contributed by atoms with Crippen LogP contribution in [0.2, 0.25) is 0 Å². The molecule has 3 aromatic carbocycles. The molecule has 5 nitrogen and oxygen atoms in total. The number of carbonyl (C=O) groups is 3. The first-order valence-corrected chi connectivity index (χ1v) is 11.1. The van der Waals surface area contributed by atoms with Crippen LogP contribution in [0.1, 0.15) is 37.8 Å². The maximum Gasteiger partial charge on any atom is 0.329 e. The van der Waals surface area contributed by atoms with Crippen molar-refractivity contribution in [3.8, 4) is 0 Å². The Morgan fingerprint density at radius 1 is 0.912 bits per heavy atom. The van der Waals surface area contributed by atoms with Gasteiger partial charge in [0.1, 0.15) is 17.3 Å². The van der Waals surface area contributed by atoms with Crippen LogP contribution in [0.25, 0.3) is 6.08 Å². The number of ether oxygens (including phenoxy) is 1. The molecule has 34 heavy (non-hydrogen) atoms. The van der Waals surface area contributed by atoms with Crippen molar-refractivity contribution >= 4 is 29.3 Å². The number of rotatable bonds is 2. The highest BCUT2D eigenvalue weighted by atomic mass is 19.1. The van der Waals surface area contributed by atoms with E-state index in [1.54, 1.807) is 53.4 Å². The van der Waals surface area contributed by atoms with Crippen LogP contribution >= 0.6 is 0 Å². The van der Waals surface area contributed by atoms with Gasteiger partial charge in [-0.15, -0.1) is 0 Å². The molecule has 6 heteroatoms. The minimum absolute atomic E-state index is 0.146. The molecule has 1 saturated heterocycles. The fourth-order valence-electron chi connectivity index (χ4n) is 6.08. The number of carbonyl (C=O) groups excluding carboxylic acids is 3. The van der Waals surface area contributed by atoms with Gasteiger partial charge in [-0.2, -0.15) is 0 Å². The minimum Gasteiger partial charge on any atom is -0.467 e. The number of nitrogens with zero attached hydrogens (tertiary/aromatic N) is 1. The van der Waals surface area contributed by atoms with Crippen LogP contribution in [-0.2, 0) is 9.53 Å². The average molecular weight is 453 g/mol. The third kappa shape index (κ3) is 2.40. The number of hydrogen-bond donors (Lipinski definition) is 0. The van der Waals surface area contributed by atoms with Gasteiger partial charge in [-0.05, 0) is 23.3 Å². The summed E-state index contributed by atoms with van der Waals surface area (Å²) < 4.78 is 20.6. The third-order valence-corrected chi connectivity index (χ3v) is 7.40. The molecule has 0 amide bonds. The van der Waals surface area contributed by atoms with Crippen LogP contribution in [0, 0.1) is 11.2 Å². The first-order valence-electron chi connectivity index (χ1n) is 11.1. The minimum atomic E-state index is -1.71. The standard InChI is InChI=1S/C28H20FNO4/c1-34-27(33)24-23(19-11-5-6-12-20(19)29)28(25(31)17-9-3-4-10-18(17)26(28)32)22-15-14-16-8-2-7-13-21(16)30(22)24/h2-15,22-24H,1H3/t22-,23+,24+/m1/s1. The summed E-state index contributed by atoms with van der Waals surface area (Å²) in [5.74, 6) is -3.08. The highest BCUT2D eigenvalue weighted by molar-refractivity contribution is 6.32. The smallest absolute Gasteiger partial charge is 0.329 e. The molecule has 1 fully saturated rings. The second kappa shape index (κ2) is 7.22. The topological polar surface area (TPSA) is 63.7 Å². The maximum absolute atomic E-state index is 15.4. The number of para-hydroxylation sites is 1. The van der Waals surface area contributed by atoms with E-state index in [-0.39, 0.29) is 5.56 Å². The Bertz CT molecular complexity index is 1380. The van der Waals surface area contributed by atoms with Gasteiger partial charge in [0.25, 0.3) is 0 Å². The summed E-state index contributed by atoms with van der Waals surface area (Å²) in [4.78, 5) is 43.5. The molecule has 0 aromatic heterocycles. The van der Waals surface area contributed by atoms with Crippen LogP contribution in [0.15, 0.2) is 78.9 Å². The number of esters is 1. The van der Waals surface area contributed by atoms with E-state index in [0.29, 0.717) is 16.8 Å². The molecule has 2 aliphatic heterocycles. The van der Waals surface area contributed by atoms with Crippen LogP contribution < -0.4 is 4.90 Å². The highest BCUT2D eigenvalue weighted by Gasteiger charge is 2.72. The van der Waals surface area contributed by atoms with Gasteiger partial charge >= 0.3 is 5.97 Å². The van der Waals surface area contributed by atoms with Crippen LogP contribution in [0.4, 0.5) is 10.1 Å². The number of anilines is 1. The largest absolute Gasteiger partial charge is 0.467 e. The summed E-state index contributed by atoms with van der Waals surface area (Å²) in [6, 6.07) is 18.3. The molecule has 168 valence electrons. The van der Waals surface area contributed by atoms with Gasteiger partial charge in [0.15, 0.2) is 11.6 Å². The van der Waals surface area contributed by atoms with E-state index < -0.39 is 46.8 Å². The van der Waals surface area contributed by atoms with Gasteiger partial charge in [0.05, 0.1) is 13.2 Å². The zero-order valence-electron chi connectivity index (χ0n) is 18.3. The lowest BCUT2D eigenvalue weighted by atomic mass is 9.64. The van der Waals surface area contributed by atoms with Crippen molar-refractivity contribution in [2.75, 3.05) is 12.0 Å². The Morgan fingerprint density at radius 2 is 1.53 bits per heavy atom. The van der Waals surface area contributed by atoms with Crippen molar-refractivity contribution < 1.29 is 23.5 Å². The first kappa shape index (κ1) is 20.5. The SMILES string of the molecule is COC(=O)[C@@H]1[C@H](c2ccccc2F)C2(C(=O)c3ccccc3C2=O)[C@H]2C=Cc3ccccc3N12. The normalized spacial score (nSPS) is 23.6. The number of halogens is 1. The van der Waals surface area contributed by atoms with Gasteiger partial charge in [-0.25, -0.2) is 9.18 Å². The molecule has 0 radical (unpaired) electrons. The number of Topliss-reactive ketones (excluding diaryl/α,β-unsaturated/α-hetero) is 2. The van der Waals surface area contributed by atoms with E-state index in [0.717, 1.165) is 5.56 Å². The fraction of sp³-hybridized carbons (Fsp3) is 0.179. The lowest BCUT2D eigenvalue weighted by Gasteiger charge is -2.36. The summed E-state index contributed by atoms with van der Waals surface area (Å²) in [6.07, 6.45) is 3.65. The molecule has 1 spiro atoms. The number of fused-ring (bicyclic) bond motifs is 5. The van der Waals surface area contributed by atoms with Crippen LogP contribution in [0.5, 0.6) is 0 Å². The van der Waals surface area contributed by atoms with Gasteiger partial charge in [0, 0.05) is 22.7 Å². The quantitative estimate of drug-likeness (QED) is 0.424. The molecule has 1 aliphatic carbocycles. The highest BCUT2D eigenvalue weighted by Crippen LogP contribution is 2.60. The van der Waals surface area contributed by atoms with E-state index in [1.807, 2.05) is 30.3 Å². The fourth-order valence-corrected chi connectivity index (χ4v) is 6.08. The van der Waals surface area contributed by atoms with E-state index in [4.69, 9.17) is 4.74 Å². The summed E-state index contributed by atoms with van der Waals surface area (Å²) in [7, 11) is 1.26. The van der Waals surface area contributed by atoms with Crippen LogP contribution in [-0.4, -0.2) is 36.7 Å². The molecular weight excluding hydrogens is 433 g/mol. The van der Waals surface area contributed by atoms with E-state index in [2.05, 4.69) is 0 Å². The zero-order chi connectivity index (χ0) is 23.6. The lowest BCUT2D eigenvalue weighted by molar-refractivity contribution is -0.142. The third-order valence-electron chi connectivity index (χ3n) is 7.40. The lowest BCUT2D eigenvalue weighted by Crippen LogP contribution is -2.48. The Kier molecular flexibility index (Phi) is 4.36. The van der Waals surface area contributed by atoms with Crippen molar-refractivity contribution in [1.82, 2.24) is 0 Å². The summed E-state index contributed by atoms with van der Waals surface area (Å²) in [5, 5.41) is 0. The summed E-state index contributed by atoms with van der Waals surface area (Å²) in [6.45, 7) is 0. The van der Waals surface area contributed by atoms with Gasteiger partial charge in [-0.1, -0.05) is 72.8 Å². The zero-order valence-corrected chi connectivity index (χ0v) is 18.3. The van der Waals surface area contributed by atoms with Crippen molar-refractivity contribution in [3.63, 3.8) is 0 Å². The second-order valence-corrected chi connectivity index (χ2v) is 8.81. The molecule has 0 bridgehead atoms. The Labute approximate surface area is 195 Å². The molecule has 0 N–H and O–H groups in total. The number of ketones is 2. The average Bonchev–Trinajstić information content (AvgIpc) is 3.30. The monoisotopic (exact) mass is 453 g/mol. The van der Waals surface area contributed by atoms with E-state index >= 15 is 4.39 Å². The van der Waals surface area contributed by atoms with Crippen molar-refractivity contribution in [1.29, 1.82) is 0 Å². The molecule has 3 aromatic rings.